The summed E-state index contributed by atoms with van der Waals surface area (Å²) >= 11 is 5.29. The maximum atomic E-state index is 12.6. The molecule has 0 amide bonds. The molecule has 132 valence electrons. The van der Waals surface area contributed by atoms with Crippen molar-refractivity contribution in [3.05, 3.63) is 46.0 Å². The first kappa shape index (κ1) is 18.8. The fraction of sp³-hybridized carbons (Fsp3) is 0.500. The van der Waals surface area contributed by atoms with Gasteiger partial charge in [-0.25, -0.2) is 0 Å². The maximum Gasteiger partial charge on any atom is 0.426 e. The van der Waals surface area contributed by atoms with Crippen LogP contribution in [0.1, 0.15) is 30.5 Å². The summed E-state index contributed by atoms with van der Waals surface area (Å²) < 4.78 is 43.0. The number of carbonyl (C=O) groups is 1. The van der Waals surface area contributed by atoms with Crippen molar-refractivity contribution in [2.45, 2.75) is 40.5 Å². The van der Waals surface area contributed by atoms with Crippen LogP contribution in [0.2, 0.25) is 0 Å². The summed E-state index contributed by atoms with van der Waals surface area (Å²) in [7, 11) is 0. The molecule has 1 aliphatic rings. The minimum Gasteiger partial charge on any atom is -0.461 e. The van der Waals surface area contributed by atoms with E-state index in [1.807, 2.05) is 32.0 Å². The second-order valence-electron chi connectivity index (χ2n) is 6.82. The van der Waals surface area contributed by atoms with Gasteiger partial charge in [-0.05, 0) is 41.9 Å². The van der Waals surface area contributed by atoms with Crippen LogP contribution in [0.15, 0.2) is 29.3 Å². The molecule has 24 heavy (non-hydrogen) atoms. The lowest BCUT2D eigenvalue weighted by atomic mass is 10.0. The van der Waals surface area contributed by atoms with Crippen molar-refractivity contribution in [2.75, 3.05) is 0 Å². The van der Waals surface area contributed by atoms with E-state index in [9.17, 15) is 18.0 Å². The molecule has 1 fully saturated rings. The summed E-state index contributed by atoms with van der Waals surface area (Å²) in [5.41, 5.74) is 2.34. The smallest absolute Gasteiger partial charge is 0.426 e. The summed E-state index contributed by atoms with van der Waals surface area (Å²) in [6, 6.07) is 5.76. The van der Waals surface area contributed by atoms with Crippen LogP contribution in [0, 0.1) is 31.1 Å². The van der Waals surface area contributed by atoms with Crippen LogP contribution in [-0.2, 0) is 16.1 Å². The molecule has 0 N–H and O–H groups in total. The minimum atomic E-state index is -4.59. The Morgan fingerprint density at radius 1 is 1.29 bits per heavy atom. The van der Waals surface area contributed by atoms with E-state index in [0.717, 1.165) is 22.8 Å². The van der Waals surface area contributed by atoms with Crippen LogP contribution in [0.4, 0.5) is 13.2 Å². The lowest BCUT2D eigenvalue weighted by Crippen LogP contribution is -2.12. The number of benzene rings is 1. The van der Waals surface area contributed by atoms with Crippen molar-refractivity contribution in [1.29, 1.82) is 0 Å². The number of esters is 1. The Morgan fingerprint density at radius 3 is 2.33 bits per heavy atom. The van der Waals surface area contributed by atoms with E-state index >= 15 is 0 Å². The Kier molecular flexibility index (Phi) is 5.05. The Morgan fingerprint density at radius 2 is 1.83 bits per heavy atom. The van der Waals surface area contributed by atoms with Crippen LogP contribution in [0.5, 0.6) is 0 Å². The Labute approximate surface area is 144 Å². The van der Waals surface area contributed by atoms with E-state index in [1.54, 1.807) is 13.8 Å². The van der Waals surface area contributed by atoms with Crippen molar-refractivity contribution in [2.24, 2.45) is 17.3 Å². The van der Waals surface area contributed by atoms with Crippen molar-refractivity contribution in [1.82, 2.24) is 0 Å². The van der Waals surface area contributed by atoms with Crippen LogP contribution < -0.4 is 0 Å². The van der Waals surface area contributed by atoms with Crippen LogP contribution in [-0.4, -0.2) is 12.1 Å². The summed E-state index contributed by atoms with van der Waals surface area (Å²) in [4.78, 5) is 12.3. The predicted octanol–water partition coefficient (Wildman–Crippen LogP) is 5.30. The molecule has 2 unspecified atom stereocenters. The molecule has 6 heteroatoms. The number of hydrogen-bond acceptors (Lipinski definition) is 2. The Hall–Kier alpha value is -1.49. The first-order valence-electron chi connectivity index (χ1n) is 7.62. The van der Waals surface area contributed by atoms with Gasteiger partial charge in [0.2, 0.25) is 0 Å². The van der Waals surface area contributed by atoms with Crippen LogP contribution in [0.3, 0.4) is 0 Å². The lowest BCUT2D eigenvalue weighted by Gasteiger charge is -2.11. The minimum absolute atomic E-state index is 0.118. The number of rotatable bonds is 4. The van der Waals surface area contributed by atoms with Crippen molar-refractivity contribution >= 4 is 17.6 Å². The van der Waals surface area contributed by atoms with E-state index in [1.165, 1.54) is 0 Å². The molecule has 0 aliphatic heterocycles. The highest BCUT2D eigenvalue weighted by Gasteiger charge is 2.62. The molecule has 2 atom stereocenters. The first-order chi connectivity index (χ1) is 11.0. The first-order valence-corrected chi connectivity index (χ1v) is 8.00. The van der Waals surface area contributed by atoms with Gasteiger partial charge >= 0.3 is 12.1 Å². The topological polar surface area (TPSA) is 26.3 Å². The molecule has 1 aliphatic carbocycles. The predicted molar refractivity (Wildman–Crippen MR) is 86.5 cm³/mol. The van der Waals surface area contributed by atoms with Crippen molar-refractivity contribution in [3.63, 3.8) is 0 Å². The zero-order chi connectivity index (χ0) is 18.3. The van der Waals surface area contributed by atoms with E-state index in [0.29, 0.717) is 0 Å². The Balaban J connectivity index is 2.06. The van der Waals surface area contributed by atoms with Crippen LogP contribution >= 0.6 is 11.6 Å². The third-order valence-corrected chi connectivity index (χ3v) is 5.10. The molecule has 0 radical (unpaired) electrons. The van der Waals surface area contributed by atoms with E-state index in [4.69, 9.17) is 16.3 Å². The SMILES string of the molecule is Cc1cccc(C)c1COC(=O)C1C(/C=C(/Cl)C(F)(F)F)C1(C)C. The van der Waals surface area contributed by atoms with Crippen molar-refractivity contribution < 1.29 is 22.7 Å². The number of halogens is 4. The highest BCUT2D eigenvalue weighted by atomic mass is 35.5. The van der Waals surface area contributed by atoms with Gasteiger partial charge in [-0.2, -0.15) is 13.2 Å². The van der Waals surface area contributed by atoms with Gasteiger partial charge in [0.1, 0.15) is 11.6 Å². The molecule has 0 aromatic heterocycles. The highest BCUT2D eigenvalue weighted by Crippen LogP contribution is 2.60. The summed E-state index contributed by atoms with van der Waals surface area (Å²) in [5.74, 6) is -1.68. The average Bonchev–Trinajstić information content (AvgIpc) is 2.98. The molecule has 1 aromatic rings. The third kappa shape index (κ3) is 3.77. The van der Waals surface area contributed by atoms with Crippen LogP contribution in [0.25, 0.3) is 0 Å². The number of allylic oxidation sites excluding steroid dienone is 2. The number of aryl methyl sites for hydroxylation is 2. The van der Waals surface area contributed by atoms with Gasteiger partial charge in [-0.15, -0.1) is 0 Å². The molecule has 1 saturated carbocycles. The number of alkyl halides is 3. The van der Waals surface area contributed by atoms with E-state index in [-0.39, 0.29) is 6.61 Å². The van der Waals surface area contributed by atoms with Gasteiger partial charge in [-0.3, -0.25) is 4.79 Å². The zero-order valence-electron chi connectivity index (χ0n) is 14.0. The molecule has 0 spiro atoms. The molecule has 0 heterocycles. The fourth-order valence-corrected chi connectivity index (χ4v) is 3.14. The monoisotopic (exact) mass is 360 g/mol. The zero-order valence-corrected chi connectivity index (χ0v) is 14.8. The van der Waals surface area contributed by atoms with Crippen molar-refractivity contribution in [3.8, 4) is 0 Å². The standard InChI is InChI=1S/C18H20ClF3O2/c1-10-6-5-7-11(2)12(10)9-24-16(23)15-13(17(15,3)4)8-14(19)18(20,21)22/h5-8,13,15H,9H2,1-4H3/b14-8+. The summed E-state index contributed by atoms with van der Waals surface area (Å²) in [6.07, 6.45) is -3.67. The third-order valence-electron chi connectivity index (χ3n) is 4.76. The quantitative estimate of drug-likeness (QED) is 0.681. The van der Waals surface area contributed by atoms with Gasteiger partial charge in [-0.1, -0.05) is 49.7 Å². The molecule has 0 saturated heterocycles. The van der Waals surface area contributed by atoms with Gasteiger partial charge in [0.25, 0.3) is 0 Å². The van der Waals surface area contributed by atoms with Gasteiger partial charge in [0.05, 0.1) is 5.92 Å². The molecule has 2 nitrogen and oxygen atoms in total. The summed E-state index contributed by atoms with van der Waals surface area (Å²) in [6.45, 7) is 7.43. The summed E-state index contributed by atoms with van der Waals surface area (Å²) in [5, 5.41) is -1.19. The highest BCUT2D eigenvalue weighted by molar-refractivity contribution is 6.30. The molecule has 2 rings (SSSR count). The Bertz CT molecular complexity index is 657. The second kappa shape index (κ2) is 6.43. The molecule has 1 aromatic carbocycles. The number of carbonyl (C=O) groups excluding carboxylic acids is 1. The largest absolute Gasteiger partial charge is 0.461 e. The second-order valence-corrected chi connectivity index (χ2v) is 7.22. The lowest BCUT2D eigenvalue weighted by molar-refractivity contribution is -0.147. The molecular formula is C18H20ClF3O2. The number of ether oxygens (including phenoxy) is 1. The van der Waals surface area contributed by atoms with Gasteiger partial charge < -0.3 is 4.74 Å². The normalized spacial score (nSPS) is 23.1. The van der Waals surface area contributed by atoms with Gasteiger partial charge in [0, 0.05) is 0 Å². The maximum absolute atomic E-state index is 12.6. The van der Waals surface area contributed by atoms with E-state index in [2.05, 4.69) is 0 Å². The molecule has 0 bridgehead atoms. The average molecular weight is 361 g/mol. The molecular weight excluding hydrogens is 341 g/mol. The number of hydrogen-bond donors (Lipinski definition) is 0. The van der Waals surface area contributed by atoms with Gasteiger partial charge in [0.15, 0.2) is 0 Å². The van der Waals surface area contributed by atoms with E-state index < -0.39 is 34.4 Å². The fourth-order valence-electron chi connectivity index (χ4n) is 3.00.